The van der Waals surface area contributed by atoms with Gasteiger partial charge in [-0.25, -0.2) is 25.5 Å². The molecule has 0 atom stereocenters. The summed E-state index contributed by atoms with van der Waals surface area (Å²) in [6.07, 6.45) is 3.19. The van der Waals surface area contributed by atoms with E-state index in [1.807, 2.05) is 32.0 Å². The maximum Gasteiger partial charge on any atom is 0.268 e. The third-order valence-electron chi connectivity index (χ3n) is 7.56. The molecular formula is C33H30ClN5O4S2. The maximum atomic E-state index is 14.1. The summed E-state index contributed by atoms with van der Waals surface area (Å²) in [5.41, 5.74) is 4.11. The molecule has 0 spiro atoms. The van der Waals surface area contributed by atoms with Gasteiger partial charge < -0.3 is 0 Å². The van der Waals surface area contributed by atoms with Crippen LogP contribution in [0.2, 0.25) is 5.02 Å². The lowest BCUT2D eigenvalue weighted by atomic mass is 10.2. The van der Waals surface area contributed by atoms with Gasteiger partial charge in [0, 0.05) is 23.2 Å². The number of aryl methyl sites for hydroxylation is 2. The SMILES string of the molecule is Cc1ccc(S(=O)(=O)N(Cc2cn(Cc3ccccc3Cl)nn2)Cc2cn(S(=O)(=O)c3ccc(C)cc3)c3ccccc23)cc1. The predicted octanol–water partition coefficient (Wildman–Crippen LogP) is 6.18. The van der Waals surface area contributed by atoms with Crippen molar-refractivity contribution in [1.82, 2.24) is 23.3 Å². The number of rotatable bonds is 10. The van der Waals surface area contributed by atoms with Crippen LogP contribution in [0.1, 0.15) is 27.9 Å². The van der Waals surface area contributed by atoms with Gasteiger partial charge in [0.2, 0.25) is 10.0 Å². The number of nitrogens with zero attached hydrogens (tertiary/aromatic N) is 5. The first kappa shape index (κ1) is 30.7. The normalized spacial score (nSPS) is 12.3. The van der Waals surface area contributed by atoms with E-state index in [1.165, 1.54) is 14.5 Å². The fraction of sp³-hybridized carbons (Fsp3) is 0.152. The van der Waals surface area contributed by atoms with Gasteiger partial charge in [0.15, 0.2) is 0 Å². The minimum absolute atomic E-state index is 0.0943. The summed E-state index contributed by atoms with van der Waals surface area (Å²) >= 11 is 6.33. The Hall–Kier alpha value is -4.29. The minimum atomic E-state index is -4.05. The Morgan fingerprint density at radius 3 is 2.02 bits per heavy atom. The van der Waals surface area contributed by atoms with Crippen molar-refractivity contribution < 1.29 is 16.8 Å². The van der Waals surface area contributed by atoms with Crippen LogP contribution in [0, 0.1) is 13.8 Å². The van der Waals surface area contributed by atoms with E-state index < -0.39 is 20.0 Å². The highest BCUT2D eigenvalue weighted by atomic mass is 35.5. The quantitative estimate of drug-likeness (QED) is 0.174. The zero-order valence-electron chi connectivity index (χ0n) is 24.6. The van der Waals surface area contributed by atoms with E-state index in [0.717, 1.165) is 16.7 Å². The molecule has 12 heteroatoms. The third-order valence-corrected chi connectivity index (χ3v) is 11.4. The van der Waals surface area contributed by atoms with Crippen LogP contribution in [0.3, 0.4) is 0 Å². The summed E-state index contributed by atoms with van der Waals surface area (Å²) in [6, 6.07) is 27.7. The zero-order valence-corrected chi connectivity index (χ0v) is 27.0. The fourth-order valence-electron chi connectivity index (χ4n) is 5.11. The van der Waals surface area contributed by atoms with Crippen LogP contribution in [0.15, 0.2) is 119 Å². The average Bonchev–Trinajstić information content (AvgIpc) is 3.63. The summed E-state index contributed by atoms with van der Waals surface area (Å²) < 4.78 is 59.9. The second-order valence-electron chi connectivity index (χ2n) is 10.9. The van der Waals surface area contributed by atoms with Crippen LogP contribution in [0.5, 0.6) is 0 Å². The van der Waals surface area contributed by atoms with E-state index in [0.29, 0.717) is 33.7 Å². The molecule has 2 aromatic heterocycles. The van der Waals surface area contributed by atoms with Gasteiger partial charge in [-0.15, -0.1) is 5.10 Å². The summed E-state index contributed by atoms with van der Waals surface area (Å²) in [4.78, 5) is 0.257. The van der Waals surface area contributed by atoms with Crippen LogP contribution < -0.4 is 0 Å². The van der Waals surface area contributed by atoms with E-state index >= 15 is 0 Å². The third kappa shape index (κ3) is 6.30. The average molecular weight is 660 g/mol. The number of para-hydroxylation sites is 1. The second-order valence-corrected chi connectivity index (χ2v) is 15.0. The first-order chi connectivity index (χ1) is 21.5. The first-order valence-electron chi connectivity index (χ1n) is 14.1. The van der Waals surface area contributed by atoms with Crippen LogP contribution in [-0.2, 0) is 39.7 Å². The number of hydrogen-bond acceptors (Lipinski definition) is 6. The number of sulfonamides is 1. The van der Waals surface area contributed by atoms with Crippen molar-refractivity contribution in [2.75, 3.05) is 0 Å². The first-order valence-corrected chi connectivity index (χ1v) is 17.4. The lowest BCUT2D eigenvalue weighted by Crippen LogP contribution is -2.30. The fourth-order valence-corrected chi connectivity index (χ4v) is 8.09. The summed E-state index contributed by atoms with van der Waals surface area (Å²) in [5.74, 6) is 0. The van der Waals surface area contributed by atoms with Gasteiger partial charge in [-0.1, -0.05) is 88.6 Å². The largest absolute Gasteiger partial charge is 0.268 e. The van der Waals surface area contributed by atoms with Crippen LogP contribution in [0.4, 0.5) is 0 Å². The molecule has 4 aromatic carbocycles. The Balaban J connectivity index is 1.40. The summed E-state index contributed by atoms with van der Waals surface area (Å²) in [5, 5.41) is 9.69. The molecule has 0 aliphatic carbocycles. The molecule has 0 amide bonds. The summed E-state index contributed by atoms with van der Waals surface area (Å²) in [7, 11) is -8.01. The molecule has 0 radical (unpaired) electrons. The van der Waals surface area contributed by atoms with Gasteiger partial charge >= 0.3 is 0 Å². The van der Waals surface area contributed by atoms with E-state index in [1.54, 1.807) is 89.7 Å². The molecule has 9 nitrogen and oxygen atoms in total. The van der Waals surface area contributed by atoms with E-state index in [4.69, 9.17) is 11.6 Å². The van der Waals surface area contributed by atoms with Gasteiger partial charge in [0.25, 0.3) is 10.0 Å². The molecule has 0 aliphatic heterocycles. The van der Waals surface area contributed by atoms with Gasteiger partial charge in [0.1, 0.15) is 0 Å². The molecule has 0 bridgehead atoms. The van der Waals surface area contributed by atoms with Gasteiger partial charge in [-0.2, -0.15) is 4.31 Å². The minimum Gasteiger partial charge on any atom is -0.248 e. The molecule has 230 valence electrons. The highest BCUT2D eigenvalue weighted by Gasteiger charge is 2.29. The number of benzene rings is 4. The number of fused-ring (bicyclic) bond motifs is 1. The van der Waals surface area contributed by atoms with E-state index in [9.17, 15) is 16.8 Å². The highest BCUT2D eigenvalue weighted by molar-refractivity contribution is 7.90. The smallest absolute Gasteiger partial charge is 0.248 e. The lowest BCUT2D eigenvalue weighted by Gasteiger charge is -2.21. The Labute approximate surface area is 267 Å². The second kappa shape index (κ2) is 12.2. The Bertz CT molecular complexity index is 2210. The molecule has 6 aromatic rings. The molecule has 45 heavy (non-hydrogen) atoms. The van der Waals surface area contributed by atoms with Crippen molar-refractivity contribution in [2.24, 2.45) is 0 Å². The standard InChI is InChI=1S/C33H30ClN5O4S2/c1-24-11-15-29(16-12-24)44(40,41)38(23-28-22-37(36-35-28)19-26-7-3-5-9-32(26)34)20-27-21-39(33-10-6-4-8-31(27)33)45(42,43)30-17-13-25(2)14-18-30/h3-18,21-22H,19-20,23H2,1-2H3. The molecule has 0 N–H and O–H groups in total. The lowest BCUT2D eigenvalue weighted by molar-refractivity contribution is 0.397. The van der Waals surface area contributed by atoms with Crippen molar-refractivity contribution in [3.05, 3.63) is 142 Å². The van der Waals surface area contributed by atoms with Gasteiger partial charge in [-0.05, 0) is 61.4 Å². The Morgan fingerprint density at radius 1 is 0.711 bits per heavy atom. The topological polar surface area (TPSA) is 107 Å². The number of aromatic nitrogens is 4. The molecule has 0 aliphatic rings. The zero-order chi connectivity index (χ0) is 31.8. The van der Waals surface area contributed by atoms with Crippen molar-refractivity contribution in [1.29, 1.82) is 0 Å². The monoisotopic (exact) mass is 659 g/mol. The molecule has 0 fully saturated rings. The maximum absolute atomic E-state index is 14.1. The van der Waals surface area contributed by atoms with Gasteiger partial charge in [0.05, 0.1) is 40.3 Å². The molecule has 0 saturated heterocycles. The van der Waals surface area contributed by atoms with Crippen molar-refractivity contribution in [3.8, 4) is 0 Å². The highest BCUT2D eigenvalue weighted by Crippen LogP contribution is 2.30. The van der Waals surface area contributed by atoms with E-state index in [-0.39, 0.29) is 22.9 Å². The number of halogens is 1. The predicted molar refractivity (Wildman–Crippen MR) is 174 cm³/mol. The molecule has 0 saturated carbocycles. The van der Waals surface area contributed by atoms with Crippen LogP contribution in [0.25, 0.3) is 10.9 Å². The van der Waals surface area contributed by atoms with Crippen molar-refractivity contribution >= 4 is 42.6 Å². The molecule has 0 unspecified atom stereocenters. The van der Waals surface area contributed by atoms with Gasteiger partial charge in [-0.3, -0.25) is 0 Å². The molecular weight excluding hydrogens is 630 g/mol. The van der Waals surface area contributed by atoms with Crippen molar-refractivity contribution in [2.45, 2.75) is 43.3 Å². The van der Waals surface area contributed by atoms with Crippen LogP contribution in [-0.4, -0.2) is 40.1 Å². The summed E-state index contributed by atoms with van der Waals surface area (Å²) in [6.45, 7) is 3.93. The van der Waals surface area contributed by atoms with Crippen molar-refractivity contribution in [3.63, 3.8) is 0 Å². The Morgan fingerprint density at radius 2 is 1.33 bits per heavy atom. The van der Waals surface area contributed by atoms with E-state index in [2.05, 4.69) is 10.3 Å². The molecule has 6 rings (SSSR count). The van der Waals surface area contributed by atoms with Crippen LogP contribution >= 0.6 is 11.6 Å². The number of hydrogen-bond donors (Lipinski definition) is 0. The molecule has 2 heterocycles. The Kier molecular flexibility index (Phi) is 8.36.